The summed E-state index contributed by atoms with van der Waals surface area (Å²) in [5, 5.41) is 0.889. The van der Waals surface area contributed by atoms with E-state index in [4.69, 9.17) is 4.74 Å². The van der Waals surface area contributed by atoms with E-state index in [9.17, 15) is 4.79 Å². The number of hydrogen-bond donors (Lipinski definition) is 2. The Morgan fingerprint density at radius 3 is 3.06 bits per heavy atom. The summed E-state index contributed by atoms with van der Waals surface area (Å²) >= 11 is 0. The third-order valence-electron chi connectivity index (χ3n) is 2.59. The molecule has 2 N–H and O–H groups in total. The lowest BCUT2D eigenvalue weighted by Gasteiger charge is -1.97. The minimum absolute atomic E-state index is 0.167. The molecular weight excluding hydrogens is 206 g/mol. The van der Waals surface area contributed by atoms with Gasteiger partial charge in [-0.3, -0.25) is 4.79 Å². The maximum absolute atomic E-state index is 11.5. The van der Waals surface area contributed by atoms with Crippen molar-refractivity contribution in [2.75, 3.05) is 7.11 Å². The van der Waals surface area contributed by atoms with Gasteiger partial charge in [0, 0.05) is 10.9 Å². The first-order valence-electron chi connectivity index (χ1n) is 4.83. The Bertz CT molecular complexity index is 727. The van der Waals surface area contributed by atoms with Crippen LogP contribution < -0.4 is 10.3 Å². The number of nitrogens with zero attached hydrogens (tertiary/aromatic N) is 1. The van der Waals surface area contributed by atoms with E-state index in [-0.39, 0.29) is 5.56 Å². The predicted octanol–water partition coefficient (Wildman–Crippen LogP) is 1.41. The fourth-order valence-corrected chi connectivity index (χ4v) is 1.81. The molecule has 0 saturated heterocycles. The molecule has 5 nitrogen and oxygen atoms in total. The highest BCUT2D eigenvalue weighted by molar-refractivity contribution is 6.04. The van der Waals surface area contributed by atoms with Gasteiger partial charge < -0.3 is 14.7 Å². The number of H-pyrrole nitrogens is 2. The number of methoxy groups -OCH3 is 1. The SMILES string of the molecule is COc1ccc2[nH]c3c(=O)[nH]cnc3c2c1. The average molecular weight is 215 g/mol. The zero-order valence-electron chi connectivity index (χ0n) is 8.57. The van der Waals surface area contributed by atoms with E-state index in [0.29, 0.717) is 11.0 Å². The fourth-order valence-electron chi connectivity index (χ4n) is 1.81. The third kappa shape index (κ3) is 1.11. The number of hydrogen-bond acceptors (Lipinski definition) is 3. The summed E-state index contributed by atoms with van der Waals surface area (Å²) < 4.78 is 5.14. The van der Waals surface area contributed by atoms with Crippen molar-refractivity contribution in [3.8, 4) is 5.75 Å². The molecule has 1 aromatic carbocycles. The highest BCUT2D eigenvalue weighted by Crippen LogP contribution is 2.25. The zero-order chi connectivity index (χ0) is 11.1. The molecule has 0 radical (unpaired) electrons. The van der Waals surface area contributed by atoms with E-state index >= 15 is 0 Å². The first-order chi connectivity index (χ1) is 7.79. The number of rotatable bonds is 1. The summed E-state index contributed by atoms with van der Waals surface area (Å²) in [6.07, 6.45) is 1.40. The predicted molar refractivity (Wildman–Crippen MR) is 60.8 cm³/mol. The Morgan fingerprint density at radius 2 is 2.25 bits per heavy atom. The van der Waals surface area contributed by atoms with Crippen LogP contribution in [0.15, 0.2) is 29.3 Å². The molecule has 0 aliphatic carbocycles. The van der Waals surface area contributed by atoms with E-state index in [1.165, 1.54) is 6.33 Å². The minimum atomic E-state index is -0.167. The Balaban J connectivity index is 2.52. The van der Waals surface area contributed by atoms with Crippen LogP contribution in [0, 0.1) is 0 Å². The number of benzene rings is 1. The number of nitrogens with one attached hydrogen (secondary N) is 2. The van der Waals surface area contributed by atoms with Crippen LogP contribution in [0.1, 0.15) is 0 Å². The van der Waals surface area contributed by atoms with Crippen LogP contribution in [0.4, 0.5) is 0 Å². The summed E-state index contributed by atoms with van der Waals surface area (Å²) in [5.74, 6) is 0.746. The van der Waals surface area contributed by atoms with Crippen molar-refractivity contribution in [2.24, 2.45) is 0 Å². The molecule has 0 aliphatic rings. The van der Waals surface area contributed by atoms with Crippen LogP contribution in [0.25, 0.3) is 21.9 Å². The quantitative estimate of drug-likeness (QED) is 0.644. The molecule has 0 saturated carbocycles. The largest absolute Gasteiger partial charge is 0.497 e. The van der Waals surface area contributed by atoms with Crippen molar-refractivity contribution in [2.45, 2.75) is 0 Å². The maximum atomic E-state index is 11.5. The van der Waals surface area contributed by atoms with Crippen molar-refractivity contribution in [1.82, 2.24) is 15.0 Å². The van der Waals surface area contributed by atoms with Crippen molar-refractivity contribution in [1.29, 1.82) is 0 Å². The molecule has 0 bridgehead atoms. The summed E-state index contributed by atoms with van der Waals surface area (Å²) in [6.45, 7) is 0. The van der Waals surface area contributed by atoms with Gasteiger partial charge in [-0.25, -0.2) is 4.98 Å². The van der Waals surface area contributed by atoms with Gasteiger partial charge in [-0.15, -0.1) is 0 Å². The molecular formula is C11H9N3O2. The molecule has 16 heavy (non-hydrogen) atoms. The minimum Gasteiger partial charge on any atom is -0.497 e. The Morgan fingerprint density at radius 1 is 1.38 bits per heavy atom. The van der Waals surface area contributed by atoms with E-state index in [0.717, 1.165) is 16.7 Å². The molecule has 80 valence electrons. The molecule has 3 aromatic rings. The van der Waals surface area contributed by atoms with Gasteiger partial charge in [0.2, 0.25) is 0 Å². The number of fused-ring (bicyclic) bond motifs is 3. The van der Waals surface area contributed by atoms with Gasteiger partial charge in [-0.2, -0.15) is 0 Å². The maximum Gasteiger partial charge on any atom is 0.275 e. The first kappa shape index (κ1) is 8.96. The van der Waals surface area contributed by atoms with E-state index < -0.39 is 0 Å². The van der Waals surface area contributed by atoms with Crippen LogP contribution in [-0.2, 0) is 0 Å². The lowest BCUT2D eigenvalue weighted by molar-refractivity contribution is 0.415. The highest BCUT2D eigenvalue weighted by atomic mass is 16.5. The molecule has 0 aliphatic heterocycles. The first-order valence-corrected chi connectivity index (χ1v) is 4.83. The van der Waals surface area contributed by atoms with Gasteiger partial charge in [-0.05, 0) is 18.2 Å². The van der Waals surface area contributed by atoms with Crippen LogP contribution in [0.5, 0.6) is 5.75 Å². The zero-order valence-corrected chi connectivity index (χ0v) is 8.57. The van der Waals surface area contributed by atoms with Crippen molar-refractivity contribution in [3.63, 3.8) is 0 Å². The molecule has 5 heteroatoms. The Labute approximate surface area is 90.1 Å². The molecule has 0 amide bonds. The average Bonchev–Trinajstić information content (AvgIpc) is 2.68. The number of aromatic amines is 2. The Kier molecular flexibility index (Phi) is 1.73. The van der Waals surface area contributed by atoms with E-state index in [1.807, 2.05) is 18.2 Å². The molecule has 2 aromatic heterocycles. The normalized spacial score (nSPS) is 11.1. The lowest BCUT2D eigenvalue weighted by Crippen LogP contribution is -2.05. The standard InChI is InChI=1S/C11H9N3O2/c1-16-6-2-3-8-7(4-6)9-10(14-8)11(15)13-5-12-9/h2-5,14H,1H3,(H,12,13,15). The molecule has 0 spiro atoms. The Hall–Kier alpha value is -2.30. The number of ether oxygens (including phenoxy) is 1. The summed E-state index contributed by atoms with van der Waals surface area (Å²) in [6, 6.07) is 5.57. The summed E-state index contributed by atoms with van der Waals surface area (Å²) in [7, 11) is 1.61. The smallest absolute Gasteiger partial charge is 0.275 e. The van der Waals surface area contributed by atoms with Crippen molar-refractivity contribution < 1.29 is 4.74 Å². The van der Waals surface area contributed by atoms with Crippen molar-refractivity contribution in [3.05, 3.63) is 34.9 Å². The van der Waals surface area contributed by atoms with Gasteiger partial charge >= 0.3 is 0 Å². The molecule has 0 atom stereocenters. The van der Waals surface area contributed by atoms with Gasteiger partial charge in [0.25, 0.3) is 5.56 Å². The number of aromatic nitrogens is 3. The molecule has 2 heterocycles. The second-order valence-corrected chi connectivity index (χ2v) is 3.49. The molecule has 3 rings (SSSR count). The second kappa shape index (κ2) is 3.10. The second-order valence-electron chi connectivity index (χ2n) is 3.49. The third-order valence-corrected chi connectivity index (χ3v) is 2.59. The monoisotopic (exact) mass is 215 g/mol. The molecule has 0 fully saturated rings. The fraction of sp³-hybridized carbons (Fsp3) is 0.0909. The highest BCUT2D eigenvalue weighted by Gasteiger charge is 2.08. The summed E-state index contributed by atoms with van der Waals surface area (Å²) in [5.41, 5.74) is 1.86. The van der Waals surface area contributed by atoms with Gasteiger partial charge in [0.05, 0.1) is 13.4 Å². The van der Waals surface area contributed by atoms with Crippen LogP contribution in [0.2, 0.25) is 0 Å². The van der Waals surface area contributed by atoms with E-state index in [1.54, 1.807) is 7.11 Å². The summed E-state index contributed by atoms with van der Waals surface area (Å²) in [4.78, 5) is 21.3. The topological polar surface area (TPSA) is 70.8 Å². The van der Waals surface area contributed by atoms with Gasteiger partial charge in [0.1, 0.15) is 16.8 Å². The van der Waals surface area contributed by atoms with Crippen LogP contribution >= 0.6 is 0 Å². The van der Waals surface area contributed by atoms with Gasteiger partial charge in [0.15, 0.2) is 0 Å². The van der Waals surface area contributed by atoms with E-state index in [2.05, 4.69) is 15.0 Å². The van der Waals surface area contributed by atoms with Crippen LogP contribution in [-0.4, -0.2) is 22.1 Å². The van der Waals surface area contributed by atoms with Crippen molar-refractivity contribution >= 4 is 21.9 Å². The van der Waals surface area contributed by atoms with Gasteiger partial charge in [-0.1, -0.05) is 0 Å². The lowest BCUT2D eigenvalue weighted by atomic mass is 10.2. The molecule has 0 unspecified atom stereocenters. The van der Waals surface area contributed by atoms with Crippen LogP contribution in [0.3, 0.4) is 0 Å².